The number of carbonyl (C=O) groups is 2. The van der Waals surface area contributed by atoms with E-state index in [0.29, 0.717) is 44.5 Å². The van der Waals surface area contributed by atoms with E-state index in [9.17, 15) is 9.59 Å². The number of likely N-dealkylation sites (N-methyl/N-ethyl adjacent to an activating group) is 1. The van der Waals surface area contributed by atoms with Crippen LogP contribution in [0.4, 0.5) is 0 Å². The number of ether oxygens (including phenoxy) is 4. The molecule has 1 rings (SSSR count). The molecule has 1 fully saturated rings. The lowest BCUT2D eigenvalue weighted by atomic mass is 9.92. The van der Waals surface area contributed by atoms with Crippen molar-refractivity contribution in [1.82, 2.24) is 4.90 Å². The van der Waals surface area contributed by atoms with E-state index < -0.39 is 5.79 Å². The minimum absolute atomic E-state index is 0.0193. The molecule has 0 amide bonds. The molecule has 1 aliphatic rings. The molecular formula is C48H93NO6. The monoisotopic (exact) mass is 780 g/mol. The van der Waals surface area contributed by atoms with Crippen LogP contribution in [0.1, 0.15) is 233 Å². The SMILES string of the molecule is CCCCCC(CCCCC)CCOC(=O)CCCCCCCC1(CCCCCCCC(=O)OCCC(CCCCC)CCCCC)OC[C@H](CN(C)C)O1. The van der Waals surface area contributed by atoms with Gasteiger partial charge in [0.2, 0.25) is 0 Å². The minimum Gasteiger partial charge on any atom is -0.466 e. The van der Waals surface area contributed by atoms with Gasteiger partial charge in [-0.25, -0.2) is 0 Å². The van der Waals surface area contributed by atoms with Crippen LogP contribution < -0.4 is 0 Å². The Labute approximate surface area is 341 Å². The highest BCUT2D eigenvalue weighted by Crippen LogP contribution is 2.35. The van der Waals surface area contributed by atoms with Crippen LogP contribution in [0.3, 0.4) is 0 Å². The van der Waals surface area contributed by atoms with Crippen LogP contribution in [0.25, 0.3) is 0 Å². The Morgan fingerprint density at radius 1 is 0.545 bits per heavy atom. The standard InChI is InChI=1S/C48H93NO6/c1-7-11-21-29-43(30-22-12-8-2)35-39-52-46(50)33-25-17-15-19-27-37-48(54-42-45(55-48)41-49(5)6)38-28-20-16-18-26-34-47(51)53-40-36-44(31-23-13-9-3)32-24-14-10-4/h43-45H,7-42H2,1-6H3/t45-/m0/s1. The van der Waals surface area contributed by atoms with Gasteiger partial charge in [-0.1, -0.05) is 169 Å². The van der Waals surface area contributed by atoms with Crippen molar-refractivity contribution in [2.45, 2.75) is 245 Å². The number of hydrogen-bond donors (Lipinski definition) is 0. The molecule has 1 heterocycles. The Balaban J connectivity index is 2.27. The summed E-state index contributed by atoms with van der Waals surface area (Å²) < 4.78 is 24.3. The average Bonchev–Trinajstić information content (AvgIpc) is 3.55. The maximum Gasteiger partial charge on any atom is 0.305 e. The van der Waals surface area contributed by atoms with Crippen molar-refractivity contribution in [1.29, 1.82) is 0 Å². The molecule has 1 saturated heterocycles. The van der Waals surface area contributed by atoms with Crippen LogP contribution in [-0.4, -0.2) is 69.2 Å². The minimum atomic E-state index is -0.468. The van der Waals surface area contributed by atoms with Crippen LogP contribution in [0.2, 0.25) is 0 Å². The third-order valence-corrected chi connectivity index (χ3v) is 11.8. The predicted octanol–water partition coefficient (Wildman–Crippen LogP) is 13.5. The Kier molecular flexibility index (Phi) is 33.9. The molecule has 0 aromatic carbocycles. The molecule has 0 spiro atoms. The van der Waals surface area contributed by atoms with Gasteiger partial charge in [-0.3, -0.25) is 9.59 Å². The number of hydrogen-bond acceptors (Lipinski definition) is 7. The number of rotatable bonds is 40. The van der Waals surface area contributed by atoms with E-state index in [4.69, 9.17) is 18.9 Å². The lowest BCUT2D eigenvalue weighted by Crippen LogP contribution is -2.33. The summed E-state index contributed by atoms with van der Waals surface area (Å²) in [6, 6.07) is 0. The van der Waals surface area contributed by atoms with E-state index in [2.05, 4.69) is 46.7 Å². The van der Waals surface area contributed by atoms with Gasteiger partial charge in [0.1, 0.15) is 0 Å². The maximum atomic E-state index is 12.4. The third-order valence-electron chi connectivity index (χ3n) is 11.8. The van der Waals surface area contributed by atoms with Crippen LogP contribution in [0.5, 0.6) is 0 Å². The van der Waals surface area contributed by atoms with Crippen LogP contribution >= 0.6 is 0 Å². The first-order chi connectivity index (χ1) is 26.8. The van der Waals surface area contributed by atoms with Crippen molar-refractivity contribution < 1.29 is 28.5 Å². The van der Waals surface area contributed by atoms with Gasteiger partial charge in [0.05, 0.1) is 25.9 Å². The van der Waals surface area contributed by atoms with E-state index in [0.717, 1.165) is 96.4 Å². The number of unbranched alkanes of at least 4 members (excludes halogenated alkanes) is 16. The van der Waals surface area contributed by atoms with Gasteiger partial charge < -0.3 is 23.8 Å². The van der Waals surface area contributed by atoms with Crippen LogP contribution in [-0.2, 0) is 28.5 Å². The molecule has 0 unspecified atom stereocenters. The highest BCUT2D eigenvalue weighted by molar-refractivity contribution is 5.69. The fourth-order valence-electron chi connectivity index (χ4n) is 8.31. The summed E-state index contributed by atoms with van der Waals surface area (Å²) in [4.78, 5) is 27.0. The summed E-state index contributed by atoms with van der Waals surface area (Å²) in [5.41, 5.74) is 0. The molecule has 55 heavy (non-hydrogen) atoms. The molecular weight excluding hydrogens is 687 g/mol. The smallest absolute Gasteiger partial charge is 0.305 e. The van der Waals surface area contributed by atoms with Crippen molar-refractivity contribution in [3.63, 3.8) is 0 Å². The third kappa shape index (κ3) is 29.7. The highest BCUT2D eigenvalue weighted by atomic mass is 16.7. The molecule has 0 N–H and O–H groups in total. The second-order valence-corrected chi connectivity index (χ2v) is 17.5. The van der Waals surface area contributed by atoms with Crippen molar-refractivity contribution >= 4 is 11.9 Å². The lowest BCUT2D eigenvalue weighted by molar-refractivity contribution is -0.180. The fourth-order valence-corrected chi connectivity index (χ4v) is 8.31. The average molecular weight is 780 g/mol. The molecule has 1 atom stereocenters. The quantitative estimate of drug-likeness (QED) is 0.0453. The first kappa shape index (κ1) is 51.8. The molecule has 0 aromatic rings. The molecule has 326 valence electrons. The van der Waals surface area contributed by atoms with Crippen molar-refractivity contribution in [3.8, 4) is 0 Å². The van der Waals surface area contributed by atoms with Crippen molar-refractivity contribution in [3.05, 3.63) is 0 Å². The number of esters is 2. The largest absolute Gasteiger partial charge is 0.466 e. The Hall–Kier alpha value is -1.18. The molecule has 1 aliphatic heterocycles. The van der Waals surface area contributed by atoms with Gasteiger partial charge >= 0.3 is 11.9 Å². The van der Waals surface area contributed by atoms with Gasteiger partial charge in [0, 0.05) is 32.2 Å². The second-order valence-electron chi connectivity index (χ2n) is 17.5. The van der Waals surface area contributed by atoms with Gasteiger partial charge in [-0.2, -0.15) is 0 Å². The first-order valence-electron chi connectivity index (χ1n) is 24.0. The summed E-state index contributed by atoms with van der Waals surface area (Å²) in [6.45, 7) is 11.8. The number of carbonyl (C=O) groups excluding carboxylic acids is 2. The zero-order chi connectivity index (χ0) is 40.2. The van der Waals surface area contributed by atoms with Gasteiger partial charge in [0.25, 0.3) is 0 Å². The topological polar surface area (TPSA) is 74.3 Å². The van der Waals surface area contributed by atoms with Crippen molar-refractivity contribution in [2.75, 3.05) is 40.5 Å². The lowest BCUT2D eigenvalue weighted by Gasteiger charge is -2.29. The van der Waals surface area contributed by atoms with Gasteiger partial charge in [-0.05, 0) is 64.5 Å². The highest BCUT2D eigenvalue weighted by Gasteiger charge is 2.40. The predicted molar refractivity (Wildman–Crippen MR) is 231 cm³/mol. The summed E-state index contributed by atoms with van der Waals surface area (Å²) in [6.07, 6.45) is 36.4. The van der Waals surface area contributed by atoms with Crippen LogP contribution in [0.15, 0.2) is 0 Å². The summed E-state index contributed by atoms with van der Waals surface area (Å²) in [7, 11) is 4.18. The van der Waals surface area contributed by atoms with E-state index in [-0.39, 0.29) is 18.0 Å². The molecule has 0 aliphatic carbocycles. The molecule has 7 heteroatoms. The van der Waals surface area contributed by atoms with E-state index in [1.54, 1.807) is 0 Å². The molecule has 7 nitrogen and oxygen atoms in total. The summed E-state index contributed by atoms with van der Waals surface area (Å²) >= 11 is 0. The van der Waals surface area contributed by atoms with Gasteiger partial charge in [-0.15, -0.1) is 0 Å². The zero-order valence-corrected chi connectivity index (χ0v) is 37.6. The molecule has 0 bridgehead atoms. The van der Waals surface area contributed by atoms with Crippen LogP contribution in [0, 0.1) is 11.8 Å². The Morgan fingerprint density at radius 3 is 1.31 bits per heavy atom. The molecule has 0 saturated carbocycles. The molecule has 0 aromatic heterocycles. The summed E-state index contributed by atoms with van der Waals surface area (Å²) in [5.74, 6) is 0.901. The molecule has 0 radical (unpaired) electrons. The van der Waals surface area contributed by atoms with Gasteiger partial charge in [0.15, 0.2) is 5.79 Å². The normalized spacial score (nSPS) is 15.5. The second kappa shape index (κ2) is 35.9. The van der Waals surface area contributed by atoms with E-state index >= 15 is 0 Å². The Morgan fingerprint density at radius 2 is 0.927 bits per heavy atom. The summed E-state index contributed by atoms with van der Waals surface area (Å²) in [5, 5.41) is 0. The number of nitrogens with zero attached hydrogens (tertiary/aromatic N) is 1. The van der Waals surface area contributed by atoms with Crippen molar-refractivity contribution in [2.24, 2.45) is 11.8 Å². The van der Waals surface area contributed by atoms with E-state index in [1.807, 2.05) is 0 Å². The van der Waals surface area contributed by atoms with E-state index in [1.165, 1.54) is 103 Å². The fraction of sp³-hybridized carbons (Fsp3) is 0.958. The Bertz CT molecular complexity index is 804. The zero-order valence-electron chi connectivity index (χ0n) is 37.6. The maximum absolute atomic E-state index is 12.4. The first-order valence-corrected chi connectivity index (χ1v) is 24.0.